The SMILES string of the molecule is CSC(C)CCNC(C)C1(C)CC1. The van der Waals surface area contributed by atoms with Gasteiger partial charge in [-0.15, -0.1) is 0 Å². The number of rotatable bonds is 6. The van der Waals surface area contributed by atoms with E-state index in [1.54, 1.807) is 0 Å². The van der Waals surface area contributed by atoms with Crippen LogP contribution in [-0.2, 0) is 0 Å². The van der Waals surface area contributed by atoms with Gasteiger partial charge in [-0.3, -0.25) is 0 Å². The molecule has 1 N–H and O–H groups in total. The molecule has 1 rings (SSSR count). The first-order valence-electron chi connectivity index (χ1n) is 5.34. The topological polar surface area (TPSA) is 12.0 Å². The lowest BCUT2D eigenvalue weighted by atomic mass is 10.0. The molecule has 1 aliphatic carbocycles. The van der Waals surface area contributed by atoms with Crippen molar-refractivity contribution < 1.29 is 0 Å². The largest absolute Gasteiger partial charge is 0.314 e. The molecule has 0 aliphatic heterocycles. The highest BCUT2D eigenvalue weighted by Crippen LogP contribution is 2.47. The molecule has 13 heavy (non-hydrogen) atoms. The molecule has 0 amide bonds. The second-order valence-electron chi connectivity index (χ2n) is 4.66. The Labute approximate surface area is 87.1 Å². The molecule has 0 aromatic heterocycles. The minimum Gasteiger partial charge on any atom is -0.314 e. The molecule has 2 atom stereocenters. The van der Waals surface area contributed by atoms with Crippen LogP contribution in [0, 0.1) is 5.41 Å². The fourth-order valence-electron chi connectivity index (χ4n) is 1.50. The van der Waals surface area contributed by atoms with Crippen molar-refractivity contribution in [1.82, 2.24) is 5.32 Å². The van der Waals surface area contributed by atoms with Crippen molar-refractivity contribution in [1.29, 1.82) is 0 Å². The van der Waals surface area contributed by atoms with Gasteiger partial charge in [0.25, 0.3) is 0 Å². The Hall–Kier alpha value is 0.310. The predicted octanol–water partition coefficient (Wildman–Crippen LogP) is 2.91. The van der Waals surface area contributed by atoms with E-state index in [0.717, 1.165) is 5.25 Å². The first-order chi connectivity index (χ1) is 6.08. The minimum atomic E-state index is 0.628. The van der Waals surface area contributed by atoms with Crippen molar-refractivity contribution in [2.75, 3.05) is 12.8 Å². The summed E-state index contributed by atoms with van der Waals surface area (Å²) in [6.45, 7) is 8.20. The molecule has 0 aromatic carbocycles. The van der Waals surface area contributed by atoms with Gasteiger partial charge in [-0.1, -0.05) is 13.8 Å². The lowest BCUT2D eigenvalue weighted by Crippen LogP contribution is -2.34. The highest BCUT2D eigenvalue weighted by atomic mass is 32.2. The summed E-state index contributed by atoms with van der Waals surface area (Å²) in [7, 11) is 0. The first-order valence-corrected chi connectivity index (χ1v) is 6.63. The summed E-state index contributed by atoms with van der Waals surface area (Å²) in [6.07, 6.45) is 6.32. The van der Waals surface area contributed by atoms with Gasteiger partial charge >= 0.3 is 0 Å². The third kappa shape index (κ3) is 3.51. The minimum absolute atomic E-state index is 0.628. The standard InChI is InChI=1S/C11H23NS/c1-9(13-4)5-8-12-10(2)11(3)6-7-11/h9-10,12H,5-8H2,1-4H3. The maximum Gasteiger partial charge on any atom is 0.00925 e. The average molecular weight is 201 g/mol. The van der Waals surface area contributed by atoms with E-state index in [1.165, 1.54) is 25.8 Å². The van der Waals surface area contributed by atoms with Crippen molar-refractivity contribution >= 4 is 11.8 Å². The molecule has 1 aliphatic rings. The molecule has 0 saturated heterocycles. The number of hydrogen-bond acceptors (Lipinski definition) is 2. The maximum atomic E-state index is 3.64. The molecule has 78 valence electrons. The molecular weight excluding hydrogens is 178 g/mol. The van der Waals surface area contributed by atoms with Crippen LogP contribution in [0.4, 0.5) is 0 Å². The molecule has 0 aromatic rings. The van der Waals surface area contributed by atoms with Gasteiger partial charge in [0, 0.05) is 11.3 Å². The van der Waals surface area contributed by atoms with E-state index in [9.17, 15) is 0 Å². The van der Waals surface area contributed by atoms with E-state index in [0.29, 0.717) is 11.5 Å². The zero-order chi connectivity index (χ0) is 9.90. The van der Waals surface area contributed by atoms with Crippen LogP contribution in [0.15, 0.2) is 0 Å². The quantitative estimate of drug-likeness (QED) is 0.709. The lowest BCUT2D eigenvalue weighted by Gasteiger charge is -2.21. The summed E-state index contributed by atoms with van der Waals surface area (Å²) in [5, 5.41) is 4.43. The Morgan fingerprint density at radius 2 is 2.00 bits per heavy atom. The molecule has 1 fully saturated rings. The monoisotopic (exact) mass is 201 g/mol. The van der Waals surface area contributed by atoms with Crippen LogP contribution in [0.1, 0.15) is 40.0 Å². The molecular formula is C11H23NS. The van der Waals surface area contributed by atoms with E-state index in [1.807, 2.05) is 11.8 Å². The highest BCUT2D eigenvalue weighted by Gasteiger charge is 2.41. The van der Waals surface area contributed by atoms with Crippen molar-refractivity contribution in [2.24, 2.45) is 5.41 Å². The molecule has 0 heterocycles. The third-order valence-corrected chi connectivity index (χ3v) is 4.53. The highest BCUT2D eigenvalue weighted by molar-refractivity contribution is 7.99. The van der Waals surface area contributed by atoms with E-state index in [2.05, 4.69) is 32.3 Å². The van der Waals surface area contributed by atoms with Crippen LogP contribution in [0.5, 0.6) is 0 Å². The molecule has 0 spiro atoms. The number of thioether (sulfide) groups is 1. The molecule has 1 saturated carbocycles. The van der Waals surface area contributed by atoms with Crippen LogP contribution >= 0.6 is 11.8 Å². The lowest BCUT2D eigenvalue weighted by molar-refractivity contribution is 0.380. The summed E-state index contributed by atoms with van der Waals surface area (Å²) in [5.74, 6) is 0. The van der Waals surface area contributed by atoms with Gasteiger partial charge in [0.2, 0.25) is 0 Å². The van der Waals surface area contributed by atoms with Gasteiger partial charge in [0.1, 0.15) is 0 Å². The molecule has 2 unspecified atom stereocenters. The summed E-state index contributed by atoms with van der Waals surface area (Å²) >= 11 is 1.96. The van der Waals surface area contributed by atoms with Crippen LogP contribution < -0.4 is 5.32 Å². The van der Waals surface area contributed by atoms with E-state index in [4.69, 9.17) is 0 Å². The van der Waals surface area contributed by atoms with Crippen LogP contribution in [0.25, 0.3) is 0 Å². The number of nitrogens with one attached hydrogen (secondary N) is 1. The van der Waals surface area contributed by atoms with E-state index < -0.39 is 0 Å². The predicted molar refractivity (Wildman–Crippen MR) is 62.4 cm³/mol. The van der Waals surface area contributed by atoms with E-state index in [-0.39, 0.29) is 0 Å². The fraction of sp³-hybridized carbons (Fsp3) is 1.00. The van der Waals surface area contributed by atoms with Gasteiger partial charge in [0.15, 0.2) is 0 Å². The molecule has 0 bridgehead atoms. The molecule has 2 heteroatoms. The summed E-state index contributed by atoms with van der Waals surface area (Å²) < 4.78 is 0. The maximum absolute atomic E-state index is 3.64. The van der Waals surface area contributed by atoms with Crippen LogP contribution in [0.2, 0.25) is 0 Å². The zero-order valence-corrected chi connectivity index (χ0v) is 10.2. The Bertz CT molecular complexity index is 154. The first kappa shape index (κ1) is 11.4. The van der Waals surface area contributed by atoms with Crippen molar-refractivity contribution in [3.8, 4) is 0 Å². The second kappa shape index (κ2) is 4.70. The van der Waals surface area contributed by atoms with Crippen molar-refractivity contribution in [3.63, 3.8) is 0 Å². The average Bonchev–Trinajstić information content (AvgIpc) is 2.84. The van der Waals surface area contributed by atoms with Gasteiger partial charge in [0.05, 0.1) is 0 Å². The third-order valence-electron chi connectivity index (χ3n) is 3.49. The van der Waals surface area contributed by atoms with E-state index >= 15 is 0 Å². The van der Waals surface area contributed by atoms with Crippen LogP contribution in [0.3, 0.4) is 0 Å². The normalized spacial score (nSPS) is 24.0. The Morgan fingerprint density at radius 1 is 1.38 bits per heavy atom. The smallest absolute Gasteiger partial charge is 0.00925 e. The Kier molecular flexibility index (Phi) is 4.11. The Morgan fingerprint density at radius 3 is 2.46 bits per heavy atom. The molecule has 1 nitrogen and oxygen atoms in total. The van der Waals surface area contributed by atoms with Crippen molar-refractivity contribution in [3.05, 3.63) is 0 Å². The molecule has 0 radical (unpaired) electrons. The van der Waals surface area contributed by atoms with Gasteiger partial charge in [-0.2, -0.15) is 11.8 Å². The van der Waals surface area contributed by atoms with Gasteiger partial charge in [-0.25, -0.2) is 0 Å². The van der Waals surface area contributed by atoms with Gasteiger partial charge < -0.3 is 5.32 Å². The van der Waals surface area contributed by atoms with Crippen LogP contribution in [-0.4, -0.2) is 24.1 Å². The van der Waals surface area contributed by atoms with Gasteiger partial charge in [-0.05, 0) is 44.4 Å². The zero-order valence-electron chi connectivity index (χ0n) is 9.39. The summed E-state index contributed by atoms with van der Waals surface area (Å²) in [4.78, 5) is 0. The summed E-state index contributed by atoms with van der Waals surface area (Å²) in [6, 6.07) is 0.710. The van der Waals surface area contributed by atoms with Crippen molar-refractivity contribution in [2.45, 2.75) is 51.3 Å². The summed E-state index contributed by atoms with van der Waals surface area (Å²) in [5.41, 5.74) is 0.628. The fourth-order valence-corrected chi connectivity index (χ4v) is 1.85. The second-order valence-corrected chi connectivity index (χ2v) is 5.94. The number of hydrogen-bond donors (Lipinski definition) is 1. The Balaban J connectivity index is 2.05.